The summed E-state index contributed by atoms with van der Waals surface area (Å²) in [7, 11) is 0. The lowest BCUT2D eigenvalue weighted by Crippen LogP contribution is -2.23. The van der Waals surface area contributed by atoms with Crippen molar-refractivity contribution in [2.75, 3.05) is 13.1 Å². The highest BCUT2D eigenvalue weighted by molar-refractivity contribution is 5.11. The van der Waals surface area contributed by atoms with Crippen LogP contribution < -0.4 is 0 Å². The molecule has 21 heavy (non-hydrogen) atoms. The van der Waals surface area contributed by atoms with Gasteiger partial charge in [0.1, 0.15) is 0 Å². The number of rotatable bonds is 1. The second-order valence-electron chi connectivity index (χ2n) is 3.93. The normalized spacial score (nSPS) is 11.7. The number of nitrogens with zero attached hydrogens (tertiary/aromatic N) is 1. The second-order valence-corrected chi connectivity index (χ2v) is 3.93. The zero-order valence-electron chi connectivity index (χ0n) is 15.7. The fraction of sp³-hybridized carbons (Fsp3) is 0.600. The van der Waals surface area contributed by atoms with Gasteiger partial charge < -0.3 is 4.90 Å². The Morgan fingerprint density at radius 1 is 0.810 bits per heavy atom. The highest BCUT2D eigenvalue weighted by atomic mass is 15.1. The fourth-order valence-electron chi connectivity index (χ4n) is 1.64. The van der Waals surface area contributed by atoms with Crippen LogP contribution in [-0.4, -0.2) is 18.0 Å². The summed E-state index contributed by atoms with van der Waals surface area (Å²) in [6.07, 6.45) is 6.06. The lowest BCUT2D eigenvalue weighted by atomic mass is 10.1. The molecule has 0 bridgehead atoms. The van der Waals surface area contributed by atoms with Gasteiger partial charge in [0, 0.05) is 13.1 Å². The molecule has 1 aliphatic rings. The summed E-state index contributed by atoms with van der Waals surface area (Å²) in [6, 6.07) is 10.3. The number of aryl methyl sites for hydroxylation is 1. The SMILES string of the molecule is C=CN1CCCCC1.CC.CC.CC.Cc1ccccc1. The lowest BCUT2D eigenvalue weighted by Gasteiger charge is -2.23. The smallest absolute Gasteiger partial charge is 0.0172 e. The second kappa shape index (κ2) is 23.8. The van der Waals surface area contributed by atoms with Crippen LogP contribution in [0.3, 0.4) is 0 Å². The van der Waals surface area contributed by atoms with Crippen LogP contribution in [0.15, 0.2) is 43.1 Å². The van der Waals surface area contributed by atoms with Gasteiger partial charge >= 0.3 is 0 Å². The summed E-state index contributed by atoms with van der Waals surface area (Å²) >= 11 is 0. The van der Waals surface area contributed by atoms with E-state index in [9.17, 15) is 0 Å². The molecule has 0 spiro atoms. The van der Waals surface area contributed by atoms with E-state index in [2.05, 4.69) is 30.5 Å². The monoisotopic (exact) mass is 293 g/mol. The molecule has 1 heterocycles. The van der Waals surface area contributed by atoms with E-state index in [-0.39, 0.29) is 0 Å². The van der Waals surface area contributed by atoms with Crippen LogP contribution in [0.4, 0.5) is 0 Å². The minimum Gasteiger partial charge on any atom is -0.378 e. The summed E-state index contributed by atoms with van der Waals surface area (Å²) in [5.74, 6) is 0. The Balaban J connectivity index is -0.000000229. The molecule has 0 unspecified atom stereocenters. The van der Waals surface area contributed by atoms with Gasteiger partial charge in [0.05, 0.1) is 0 Å². The van der Waals surface area contributed by atoms with Crippen molar-refractivity contribution in [1.29, 1.82) is 0 Å². The highest BCUT2D eigenvalue weighted by Gasteiger charge is 2.03. The molecule has 1 aromatic rings. The van der Waals surface area contributed by atoms with Crippen LogP contribution in [0.1, 0.15) is 66.4 Å². The Bertz CT molecular complexity index is 260. The Morgan fingerprint density at radius 3 is 1.48 bits per heavy atom. The number of hydrogen-bond acceptors (Lipinski definition) is 1. The van der Waals surface area contributed by atoms with E-state index in [0.29, 0.717) is 0 Å². The van der Waals surface area contributed by atoms with Crippen molar-refractivity contribution in [3.8, 4) is 0 Å². The van der Waals surface area contributed by atoms with Crippen molar-refractivity contribution in [2.24, 2.45) is 0 Å². The lowest BCUT2D eigenvalue weighted by molar-refractivity contribution is 0.310. The van der Waals surface area contributed by atoms with Gasteiger partial charge in [0.2, 0.25) is 0 Å². The van der Waals surface area contributed by atoms with Crippen molar-refractivity contribution in [2.45, 2.75) is 67.7 Å². The topological polar surface area (TPSA) is 3.24 Å². The third-order valence-corrected chi connectivity index (χ3v) is 2.59. The van der Waals surface area contributed by atoms with Crippen molar-refractivity contribution >= 4 is 0 Å². The Kier molecular flexibility index (Phi) is 28.1. The molecule has 1 heteroatoms. The zero-order valence-corrected chi connectivity index (χ0v) is 15.7. The van der Waals surface area contributed by atoms with Gasteiger partial charge in [-0.2, -0.15) is 0 Å². The van der Waals surface area contributed by atoms with Gasteiger partial charge in [0.25, 0.3) is 0 Å². The van der Waals surface area contributed by atoms with Crippen LogP contribution in [0.25, 0.3) is 0 Å². The number of hydrogen-bond donors (Lipinski definition) is 0. The maximum atomic E-state index is 3.71. The van der Waals surface area contributed by atoms with Crippen molar-refractivity contribution in [3.63, 3.8) is 0 Å². The molecule has 1 aliphatic heterocycles. The summed E-state index contributed by atoms with van der Waals surface area (Å²) < 4.78 is 0. The largest absolute Gasteiger partial charge is 0.378 e. The van der Waals surface area contributed by atoms with Gasteiger partial charge in [-0.1, -0.05) is 84.0 Å². The van der Waals surface area contributed by atoms with Crippen LogP contribution in [0.2, 0.25) is 0 Å². The third-order valence-electron chi connectivity index (χ3n) is 2.59. The molecule has 0 amide bonds. The third kappa shape index (κ3) is 18.8. The van der Waals surface area contributed by atoms with E-state index in [1.807, 2.05) is 65.9 Å². The van der Waals surface area contributed by atoms with Gasteiger partial charge in [0.15, 0.2) is 0 Å². The van der Waals surface area contributed by atoms with Gasteiger partial charge in [-0.05, 0) is 32.4 Å². The molecule has 1 nitrogen and oxygen atoms in total. The van der Waals surface area contributed by atoms with Crippen molar-refractivity contribution in [1.82, 2.24) is 4.90 Å². The first-order valence-electron chi connectivity index (χ1n) is 8.71. The van der Waals surface area contributed by atoms with Crippen molar-refractivity contribution in [3.05, 3.63) is 48.7 Å². The minimum absolute atomic E-state index is 1.23. The quantitative estimate of drug-likeness (QED) is 0.557. The standard InChI is InChI=1S/C7H13N.C7H8.3C2H6/c1-2-8-6-4-3-5-7-8;1-7-5-3-2-4-6-7;3*1-2/h2H,1,3-7H2;2-6H,1H3;3*1-2H3. The van der Waals surface area contributed by atoms with Gasteiger partial charge in [-0.3, -0.25) is 0 Å². The molecule has 1 saturated heterocycles. The first-order chi connectivity index (χ1) is 10.3. The Morgan fingerprint density at radius 2 is 1.24 bits per heavy atom. The van der Waals surface area contributed by atoms with E-state index in [1.54, 1.807) is 0 Å². The maximum Gasteiger partial charge on any atom is 0.0172 e. The summed E-state index contributed by atoms with van der Waals surface area (Å²) in [4.78, 5) is 2.28. The first-order valence-corrected chi connectivity index (χ1v) is 8.71. The molecule has 0 radical (unpaired) electrons. The molecular formula is C20H39N. The molecule has 0 aromatic heterocycles. The minimum atomic E-state index is 1.23. The molecule has 0 atom stereocenters. The molecule has 2 rings (SSSR count). The predicted octanol–water partition coefficient (Wildman–Crippen LogP) is 6.69. The van der Waals surface area contributed by atoms with Gasteiger partial charge in [-0.25, -0.2) is 0 Å². The average molecular weight is 294 g/mol. The zero-order chi connectivity index (χ0) is 16.9. The fourth-order valence-corrected chi connectivity index (χ4v) is 1.64. The molecule has 0 aliphatic carbocycles. The summed E-state index contributed by atoms with van der Waals surface area (Å²) in [6.45, 7) is 20.2. The first kappa shape index (κ1) is 24.8. The van der Waals surface area contributed by atoms with Crippen LogP contribution in [0.5, 0.6) is 0 Å². The van der Waals surface area contributed by atoms with Crippen LogP contribution in [0, 0.1) is 6.92 Å². The molecule has 1 fully saturated rings. The number of benzene rings is 1. The highest BCUT2D eigenvalue weighted by Crippen LogP contribution is 2.07. The summed E-state index contributed by atoms with van der Waals surface area (Å²) in [5, 5.41) is 0. The molecular weight excluding hydrogens is 254 g/mol. The van der Waals surface area contributed by atoms with E-state index < -0.39 is 0 Å². The molecule has 124 valence electrons. The van der Waals surface area contributed by atoms with Crippen LogP contribution in [-0.2, 0) is 0 Å². The molecule has 0 N–H and O–H groups in total. The summed E-state index contributed by atoms with van der Waals surface area (Å²) in [5.41, 5.74) is 1.32. The van der Waals surface area contributed by atoms with E-state index in [4.69, 9.17) is 0 Å². The van der Waals surface area contributed by atoms with Crippen molar-refractivity contribution < 1.29 is 0 Å². The Hall–Kier alpha value is -1.24. The molecule has 0 saturated carbocycles. The number of likely N-dealkylation sites (tertiary alicyclic amines) is 1. The maximum absolute atomic E-state index is 3.71. The van der Waals surface area contributed by atoms with E-state index >= 15 is 0 Å². The predicted molar refractivity (Wildman–Crippen MR) is 101 cm³/mol. The van der Waals surface area contributed by atoms with E-state index in [1.165, 1.54) is 37.9 Å². The Labute approximate surface area is 135 Å². The van der Waals surface area contributed by atoms with Crippen LogP contribution >= 0.6 is 0 Å². The average Bonchev–Trinajstić information content (AvgIpc) is 2.62. The molecule has 1 aromatic carbocycles. The number of piperidine rings is 1. The van der Waals surface area contributed by atoms with Gasteiger partial charge in [-0.15, -0.1) is 0 Å². The van der Waals surface area contributed by atoms with E-state index in [0.717, 1.165) is 0 Å².